The van der Waals surface area contributed by atoms with Gasteiger partial charge in [-0.25, -0.2) is 9.97 Å². The van der Waals surface area contributed by atoms with Gasteiger partial charge < -0.3 is 9.47 Å². The summed E-state index contributed by atoms with van der Waals surface area (Å²) in [6.07, 6.45) is 4.71. The number of aromatic nitrogens is 5. The third-order valence-corrected chi connectivity index (χ3v) is 7.44. The number of rotatable bonds is 7. The highest BCUT2D eigenvalue weighted by Gasteiger charge is 2.16. The van der Waals surface area contributed by atoms with Crippen LogP contribution >= 0.6 is 0 Å². The first-order valence-corrected chi connectivity index (χ1v) is 14.4. The zero-order valence-electron chi connectivity index (χ0n) is 25.8. The van der Waals surface area contributed by atoms with Crippen molar-refractivity contribution < 1.29 is 12.2 Å². The Hall–Kier alpha value is -6.34. The number of hydrogen-bond donors (Lipinski definition) is 0. The first kappa shape index (κ1) is 24.1. The van der Waals surface area contributed by atoms with Gasteiger partial charge in [-0.2, -0.15) is 0 Å². The van der Waals surface area contributed by atoms with Crippen molar-refractivity contribution in [3.05, 3.63) is 152 Å². The minimum Gasteiger partial charge on any atom is -0.457 e. The molecule has 0 radical (unpaired) electrons. The lowest BCUT2D eigenvalue weighted by Gasteiger charge is -2.10. The number of benzene rings is 4. The summed E-state index contributed by atoms with van der Waals surface area (Å²) in [6, 6.07) is 38.9. The Morgan fingerprint density at radius 2 is 1.04 bits per heavy atom. The number of fused-ring (bicyclic) bond motifs is 3. The van der Waals surface area contributed by atoms with E-state index in [0.29, 0.717) is 23.0 Å². The molecule has 0 fully saturated rings. The fourth-order valence-corrected chi connectivity index (χ4v) is 5.44. The molecule has 0 unspecified atom stereocenters. The van der Waals surface area contributed by atoms with Gasteiger partial charge in [0.2, 0.25) is 5.95 Å². The van der Waals surface area contributed by atoms with Gasteiger partial charge in [0.05, 0.1) is 25.2 Å². The van der Waals surface area contributed by atoms with Crippen LogP contribution in [-0.4, -0.2) is 24.5 Å². The first-order valence-electron chi connectivity index (χ1n) is 15.4. The second kappa shape index (κ2) is 11.4. The Bertz CT molecular complexity index is 2260. The minimum atomic E-state index is -0.164. The highest BCUT2D eigenvalue weighted by Crippen LogP contribution is 2.37. The van der Waals surface area contributed by atoms with E-state index < -0.39 is 0 Å². The van der Waals surface area contributed by atoms with Gasteiger partial charge in [-0.1, -0.05) is 36.4 Å². The van der Waals surface area contributed by atoms with Gasteiger partial charge in [-0.05, 0) is 78.8 Å². The molecule has 7 heteroatoms. The van der Waals surface area contributed by atoms with Crippen molar-refractivity contribution in [3.63, 3.8) is 0 Å². The van der Waals surface area contributed by atoms with Gasteiger partial charge >= 0.3 is 0 Å². The van der Waals surface area contributed by atoms with Crippen molar-refractivity contribution in [2.24, 2.45) is 0 Å². The number of nitrogens with zero attached hydrogens (tertiary/aromatic N) is 5. The number of pyridine rings is 2. The van der Waals surface area contributed by atoms with E-state index in [-0.39, 0.29) is 18.2 Å². The van der Waals surface area contributed by atoms with Gasteiger partial charge in [-0.3, -0.25) is 14.5 Å². The highest BCUT2D eigenvalue weighted by atomic mass is 16.5. The molecule has 4 heterocycles. The van der Waals surface area contributed by atoms with Gasteiger partial charge in [0.25, 0.3) is 0 Å². The molecule has 0 atom stereocenters. The summed E-state index contributed by atoms with van der Waals surface area (Å²) in [5.74, 6) is 2.84. The van der Waals surface area contributed by atoms with Crippen molar-refractivity contribution in [1.29, 1.82) is 0 Å². The monoisotopic (exact) mass is 585 g/mol. The lowest BCUT2D eigenvalue weighted by atomic mass is 10.1. The molecular weight excluding hydrogens is 558 g/mol. The Labute approximate surface area is 261 Å². The molecule has 4 aromatic carbocycles. The maximum Gasteiger partial charge on any atom is 0.234 e. The zero-order chi connectivity index (χ0) is 31.7. The fourth-order valence-electron chi connectivity index (χ4n) is 5.44. The second-order valence-electron chi connectivity index (χ2n) is 10.3. The molecule has 8 aromatic rings. The van der Waals surface area contributed by atoms with Crippen LogP contribution in [0.15, 0.2) is 152 Å². The largest absolute Gasteiger partial charge is 0.457 e. The van der Waals surface area contributed by atoms with Crippen molar-refractivity contribution in [1.82, 2.24) is 24.5 Å². The van der Waals surface area contributed by atoms with Crippen LogP contribution in [-0.2, 0) is 0 Å². The van der Waals surface area contributed by atoms with Crippen LogP contribution in [0.3, 0.4) is 0 Å². The van der Waals surface area contributed by atoms with E-state index in [2.05, 4.69) is 19.9 Å². The molecule has 45 heavy (non-hydrogen) atoms. The molecule has 0 spiro atoms. The average Bonchev–Trinajstić information content (AvgIpc) is 3.43. The summed E-state index contributed by atoms with van der Waals surface area (Å²) in [4.78, 5) is 17.7. The molecule has 0 bridgehead atoms. The van der Waals surface area contributed by atoms with Gasteiger partial charge in [0.1, 0.15) is 23.0 Å². The van der Waals surface area contributed by atoms with E-state index in [9.17, 15) is 0 Å². The van der Waals surface area contributed by atoms with E-state index in [1.54, 1.807) is 12.4 Å². The maximum absolute atomic E-state index is 8.23. The van der Waals surface area contributed by atoms with E-state index >= 15 is 0 Å². The molecule has 0 saturated carbocycles. The number of hydrogen-bond acceptors (Lipinski definition) is 6. The first-order chi connectivity index (χ1) is 23.1. The average molecular weight is 586 g/mol. The minimum absolute atomic E-state index is 0.0527. The highest BCUT2D eigenvalue weighted by molar-refractivity contribution is 6.09. The van der Waals surface area contributed by atoms with Gasteiger partial charge in [0, 0.05) is 58.8 Å². The van der Waals surface area contributed by atoms with Crippen LogP contribution in [0.1, 0.15) is 2.74 Å². The molecule has 0 aliphatic carbocycles. The molecule has 7 nitrogen and oxygen atoms in total. The smallest absolute Gasteiger partial charge is 0.234 e. The SMILES string of the molecule is [2H]c1cnc(-n2c3cc(Oc4cccc(-c5ccccn5)c4)ccc3c3ccc(Oc4cccc(-c5ccccn5)c4)cc32)nc1[2H]. The summed E-state index contributed by atoms with van der Waals surface area (Å²) in [7, 11) is 0. The Kier molecular flexibility index (Phi) is 6.11. The lowest BCUT2D eigenvalue weighted by Crippen LogP contribution is -2.00. The Balaban J connectivity index is 1.21. The standard InChI is InChI=1S/C38H25N5O2/c1-3-18-39-34(12-1)26-8-5-10-28(22-26)44-30-14-16-32-33-17-15-31(25-37(33)43(36(32)24-30)38-41-20-7-21-42-38)45-29-11-6-9-27(23-29)35-13-2-4-19-40-35/h1-25H/i7D,20D. The van der Waals surface area contributed by atoms with Crippen molar-refractivity contribution in [3.8, 4) is 51.5 Å². The topological polar surface area (TPSA) is 75.0 Å². The predicted octanol–water partition coefficient (Wildman–Crippen LogP) is 9.28. The van der Waals surface area contributed by atoms with Gasteiger partial charge in [0.15, 0.2) is 0 Å². The molecule has 0 aliphatic heterocycles. The molecule has 0 aliphatic rings. The van der Waals surface area contributed by atoms with Crippen molar-refractivity contribution in [2.75, 3.05) is 0 Å². The number of ether oxygens (including phenoxy) is 2. The predicted molar refractivity (Wildman–Crippen MR) is 176 cm³/mol. The lowest BCUT2D eigenvalue weighted by molar-refractivity contribution is 0.483. The third-order valence-electron chi connectivity index (χ3n) is 7.44. The van der Waals surface area contributed by atoms with Crippen LogP contribution < -0.4 is 9.47 Å². The van der Waals surface area contributed by atoms with Crippen LogP contribution in [0, 0.1) is 0 Å². The third kappa shape index (κ3) is 5.23. The van der Waals surface area contributed by atoms with E-state index in [0.717, 1.165) is 44.3 Å². The fraction of sp³-hybridized carbons (Fsp3) is 0. The molecular formula is C38H25N5O2. The summed E-state index contributed by atoms with van der Waals surface area (Å²) in [6.45, 7) is 0. The van der Waals surface area contributed by atoms with Crippen LogP contribution in [0.25, 0.3) is 50.3 Å². The second-order valence-corrected chi connectivity index (χ2v) is 10.3. The van der Waals surface area contributed by atoms with Crippen LogP contribution in [0.4, 0.5) is 0 Å². The van der Waals surface area contributed by atoms with Gasteiger partial charge in [-0.15, -0.1) is 0 Å². The van der Waals surface area contributed by atoms with E-state index in [1.807, 2.05) is 126 Å². The van der Waals surface area contributed by atoms with Crippen molar-refractivity contribution >= 4 is 21.8 Å². The maximum atomic E-state index is 8.23. The molecule has 8 rings (SSSR count). The van der Waals surface area contributed by atoms with E-state index in [4.69, 9.17) is 12.2 Å². The zero-order valence-corrected chi connectivity index (χ0v) is 23.8. The van der Waals surface area contributed by atoms with Crippen LogP contribution in [0.5, 0.6) is 23.0 Å². The molecule has 214 valence electrons. The van der Waals surface area contributed by atoms with Crippen LogP contribution in [0.2, 0.25) is 0 Å². The summed E-state index contributed by atoms with van der Waals surface area (Å²) in [5, 5.41) is 1.90. The molecule has 0 saturated heterocycles. The van der Waals surface area contributed by atoms with Crippen molar-refractivity contribution in [2.45, 2.75) is 0 Å². The Morgan fingerprint density at radius 3 is 1.56 bits per heavy atom. The van der Waals surface area contributed by atoms with E-state index in [1.165, 1.54) is 6.20 Å². The Morgan fingerprint density at radius 1 is 0.489 bits per heavy atom. The summed E-state index contributed by atoms with van der Waals surface area (Å²) >= 11 is 0. The quantitative estimate of drug-likeness (QED) is 0.186. The molecule has 0 amide bonds. The molecule has 4 aromatic heterocycles. The molecule has 0 N–H and O–H groups in total. The normalized spacial score (nSPS) is 11.7. The summed E-state index contributed by atoms with van der Waals surface area (Å²) < 4.78 is 30.8. The summed E-state index contributed by atoms with van der Waals surface area (Å²) in [5.41, 5.74) is 5.17.